The number of carbonyl (C=O) groups is 1. The summed E-state index contributed by atoms with van der Waals surface area (Å²) in [5, 5.41) is 0. The Kier molecular flexibility index (Phi) is 3.91. The average Bonchev–Trinajstić information content (AvgIpc) is 2.55. The molecule has 0 aromatic carbocycles. The van der Waals surface area contributed by atoms with E-state index >= 15 is 0 Å². The Morgan fingerprint density at radius 2 is 2.33 bits per heavy atom. The molecular weight excluding hydrogens is 194 g/mol. The van der Waals surface area contributed by atoms with Gasteiger partial charge in [-0.3, -0.25) is 0 Å². The summed E-state index contributed by atoms with van der Waals surface area (Å²) in [7, 11) is 1.36. The molecule has 0 fully saturated rings. The number of hydrogen-bond acceptors (Lipinski definition) is 4. The van der Waals surface area contributed by atoms with Gasteiger partial charge in [0, 0.05) is 12.5 Å². The largest absolute Gasteiger partial charge is 0.465 e. The highest BCUT2D eigenvalue weighted by molar-refractivity contribution is 5.90. The van der Waals surface area contributed by atoms with Crippen LogP contribution >= 0.6 is 0 Å². The summed E-state index contributed by atoms with van der Waals surface area (Å²) in [6, 6.07) is 1.86. The van der Waals surface area contributed by atoms with Crippen molar-refractivity contribution in [2.24, 2.45) is 5.73 Å². The smallest absolute Gasteiger partial charge is 0.341 e. The van der Waals surface area contributed by atoms with Crippen LogP contribution in [0.1, 0.15) is 35.2 Å². The van der Waals surface area contributed by atoms with Crippen LogP contribution in [0.15, 0.2) is 10.5 Å². The zero-order valence-electron chi connectivity index (χ0n) is 9.37. The van der Waals surface area contributed by atoms with Crippen LogP contribution in [0.3, 0.4) is 0 Å². The molecule has 4 heteroatoms. The summed E-state index contributed by atoms with van der Waals surface area (Å²) >= 11 is 0. The molecule has 0 bridgehead atoms. The molecule has 0 saturated heterocycles. The number of furan rings is 1. The van der Waals surface area contributed by atoms with Gasteiger partial charge in [-0.05, 0) is 26.3 Å². The van der Waals surface area contributed by atoms with Crippen LogP contribution in [0.2, 0.25) is 0 Å². The molecule has 1 heterocycles. The average molecular weight is 211 g/mol. The lowest BCUT2D eigenvalue weighted by Crippen LogP contribution is -2.15. The van der Waals surface area contributed by atoms with E-state index in [4.69, 9.17) is 10.2 Å². The molecule has 15 heavy (non-hydrogen) atoms. The number of rotatable bonds is 4. The van der Waals surface area contributed by atoms with E-state index in [9.17, 15) is 4.79 Å². The molecule has 0 spiro atoms. The van der Waals surface area contributed by atoms with Crippen LogP contribution < -0.4 is 5.73 Å². The van der Waals surface area contributed by atoms with Gasteiger partial charge in [-0.15, -0.1) is 0 Å². The number of hydrogen-bond donors (Lipinski definition) is 1. The second-order valence-electron chi connectivity index (χ2n) is 3.69. The van der Waals surface area contributed by atoms with Crippen molar-refractivity contribution < 1.29 is 13.9 Å². The summed E-state index contributed by atoms with van der Waals surface area (Å²) < 4.78 is 10.1. The topological polar surface area (TPSA) is 65.5 Å². The Morgan fingerprint density at radius 1 is 1.67 bits per heavy atom. The predicted molar refractivity (Wildman–Crippen MR) is 56.8 cm³/mol. The van der Waals surface area contributed by atoms with Crippen molar-refractivity contribution in [3.63, 3.8) is 0 Å². The van der Waals surface area contributed by atoms with Gasteiger partial charge < -0.3 is 14.9 Å². The number of nitrogens with two attached hydrogens (primary N) is 1. The normalized spacial score (nSPS) is 12.5. The molecule has 84 valence electrons. The Hall–Kier alpha value is -1.29. The second kappa shape index (κ2) is 4.98. The van der Waals surface area contributed by atoms with E-state index in [-0.39, 0.29) is 12.0 Å². The van der Waals surface area contributed by atoms with Gasteiger partial charge in [-0.25, -0.2) is 4.79 Å². The molecule has 1 atom stereocenters. The van der Waals surface area contributed by atoms with Gasteiger partial charge in [-0.2, -0.15) is 0 Å². The molecule has 0 aliphatic rings. The minimum atomic E-state index is -0.358. The lowest BCUT2D eigenvalue weighted by Gasteiger charge is -2.00. The number of ether oxygens (including phenoxy) is 1. The maximum absolute atomic E-state index is 11.3. The van der Waals surface area contributed by atoms with Crippen LogP contribution in [0.25, 0.3) is 0 Å². The minimum absolute atomic E-state index is 0.136. The molecule has 0 saturated carbocycles. The van der Waals surface area contributed by atoms with Gasteiger partial charge in [0.1, 0.15) is 17.1 Å². The van der Waals surface area contributed by atoms with E-state index < -0.39 is 0 Å². The van der Waals surface area contributed by atoms with Gasteiger partial charge in [0.05, 0.1) is 7.11 Å². The molecule has 1 aromatic rings. The first-order chi connectivity index (χ1) is 7.04. The lowest BCUT2D eigenvalue weighted by atomic mass is 10.1. The monoisotopic (exact) mass is 211 g/mol. The van der Waals surface area contributed by atoms with Crippen molar-refractivity contribution in [2.75, 3.05) is 7.11 Å². The minimum Gasteiger partial charge on any atom is -0.465 e. The fourth-order valence-electron chi connectivity index (χ4n) is 1.35. The van der Waals surface area contributed by atoms with Crippen LogP contribution in [-0.4, -0.2) is 19.1 Å². The van der Waals surface area contributed by atoms with Gasteiger partial charge in [0.15, 0.2) is 0 Å². The standard InChI is InChI=1S/C11H17NO3/c1-7(12)4-5-9-6-10(8(2)15-9)11(13)14-3/h6-7H,4-5,12H2,1-3H3. The molecule has 0 amide bonds. The Bertz CT molecular complexity index is 342. The van der Waals surface area contributed by atoms with Crippen molar-refractivity contribution >= 4 is 5.97 Å². The van der Waals surface area contributed by atoms with Gasteiger partial charge >= 0.3 is 5.97 Å². The van der Waals surface area contributed by atoms with E-state index in [0.29, 0.717) is 11.3 Å². The molecule has 0 aliphatic heterocycles. The molecule has 0 radical (unpaired) electrons. The van der Waals surface area contributed by atoms with Crippen LogP contribution in [0.5, 0.6) is 0 Å². The highest BCUT2D eigenvalue weighted by Crippen LogP contribution is 2.17. The van der Waals surface area contributed by atoms with Crippen molar-refractivity contribution in [1.29, 1.82) is 0 Å². The van der Waals surface area contributed by atoms with E-state index in [1.807, 2.05) is 6.92 Å². The highest BCUT2D eigenvalue weighted by atomic mass is 16.5. The first-order valence-corrected chi connectivity index (χ1v) is 4.97. The third-order valence-electron chi connectivity index (χ3n) is 2.22. The van der Waals surface area contributed by atoms with Crippen molar-refractivity contribution in [2.45, 2.75) is 32.7 Å². The van der Waals surface area contributed by atoms with Gasteiger partial charge in [0.2, 0.25) is 0 Å². The predicted octanol–water partition coefficient (Wildman–Crippen LogP) is 1.65. The van der Waals surface area contributed by atoms with Crippen LogP contribution in [0.4, 0.5) is 0 Å². The molecule has 1 unspecified atom stereocenters. The Balaban J connectivity index is 2.72. The third kappa shape index (κ3) is 3.09. The van der Waals surface area contributed by atoms with Crippen LogP contribution in [0, 0.1) is 6.92 Å². The van der Waals surface area contributed by atoms with Gasteiger partial charge in [-0.1, -0.05) is 0 Å². The summed E-state index contributed by atoms with van der Waals surface area (Å²) in [4.78, 5) is 11.3. The Labute approximate surface area is 89.4 Å². The molecule has 4 nitrogen and oxygen atoms in total. The highest BCUT2D eigenvalue weighted by Gasteiger charge is 2.15. The fourth-order valence-corrected chi connectivity index (χ4v) is 1.35. The lowest BCUT2D eigenvalue weighted by molar-refractivity contribution is 0.0599. The summed E-state index contributed by atoms with van der Waals surface area (Å²) in [6.07, 6.45) is 1.59. The van der Waals surface area contributed by atoms with Crippen LogP contribution in [-0.2, 0) is 11.2 Å². The molecule has 2 N–H and O–H groups in total. The van der Waals surface area contributed by atoms with E-state index in [1.165, 1.54) is 7.11 Å². The van der Waals surface area contributed by atoms with E-state index in [1.54, 1.807) is 13.0 Å². The maximum atomic E-state index is 11.3. The molecule has 0 aliphatic carbocycles. The van der Waals surface area contributed by atoms with Crippen molar-refractivity contribution in [3.05, 3.63) is 23.2 Å². The van der Waals surface area contributed by atoms with Crippen molar-refractivity contribution in [3.8, 4) is 0 Å². The second-order valence-corrected chi connectivity index (χ2v) is 3.69. The zero-order chi connectivity index (χ0) is 11.4. The molecule has 1 rings (SSSR count). The fraction of sp³-hybridized carbons (Fsp3) is 0.545. The molecule has 1 aromatic heterocycles. The summed E-state index contributed by atoms with van der Waals surface area (Å²) in [5.41, 5.74) is 6.14. The molecular formula is C11H17NO3. The van der Waals surface area contributed by atoms with Gasteiger partial charge in [0.25, 0.3) is 0 Å². The first kappa shape index (κ1) is 11.8. The zero-order valence-corrected chi connectivity index (χ0v) is 9.37. The first-order valence-electron chi connectivity index (χ1n) is 4.97. The van der Waals surface area contributed by atoms with E-state index in [0.717, 1.165) is 18.6 Å². The number of esters is 1. The van der Waals surface area contributed by atoms with E-state index in [2.05, 4.69) is 4.74 Å². The number of carbonyl (C=O) groups excluding carboxylic acids is 1. The van der Waals surface area contributed by atoms with Crippen molar-refractivity contribution in [1.82, 2.24) is 0 Å². The summed E-state index contributed by atoms with van der Waals surface area (Å²) in [5.74, 6) is 1.02. The number of aryl methyl sites for hydroxylation is 2. The summed E-state index contributed by atoms with van der Waals surface area (Å²) in [6.45, 7) is 3.69. The SMILES string of the molecule is COC(=O)c1cc(CCC(C)N)oc1C. The quantitative estimate of drug-likeness (QED) is 0.769. The third-order valence-corrected chi connectivity index (χ3v) is 2.22. The Morgan fingerprint density at radius 3 is 2.87 bits per heavy atom. The number of methoxy groups -OCH3 is 1. The maximum Gasteiger partial charge on any atom is 0.341 e.